The second-order valence-corrected chi connectivity index (χ2v) is 5.95. The van der Waals surface area contributed by atoms with Gasteiger partial charge in [-0.2, -0.15) is 0 Å². The monoisotopic (exact) mass is 341 g/mol. The van der Waals surface area contributed by atoms with Crippen molar-refractivity contribution in [1.29, 1.82) is 0 Å². The highest BCUT2D eigenvalue weighted by Crippen LogP contribution is 2.26. The summed E-state index contributed by atoms with van der Waals surface area (Å²) in [7, 11) is 0. The number of hydrogen-bond donors (Lipinski definition) is 1. The molecular weight excluding hydrogens is 322 g/mol. The first-order valence-electron chi connectivity index (χ1n) is 7.37. The molecule has 1 unspecified atom stereocenters. The predicted octanol–water partition coefficient (Wildman–Crippen LogP) is 2.04. The Bertz CT molecular complexity index is 581. The Morgan fingerprint density at radius 3 is 2.65 bits per heavy atom. The maximum atomic E-state index is 12.3. The Morgan fingerprint density at radius 2 is 2.04 bits per heavy atom. The summed E-state index contributed by atoms with van der Waals surface area (Å²) in [6, 6.07) is 3.10. The lowest BCUT2D eigenvalue weighted by Crippen LogP contribution is -2.51. The normalized spacial score (nSPS) is 17.9. The van der Waals surface area contributed by atoms with Gasteiger partial charge in [-0.25, -0.2) is 0 Å². The van der Waals surface area contributed by atoms with Gasteiger partial charge in [0.05, 0.1) is 25.7 Å². The zero-order valence-corrected chi connectivity index (χ0v) is 13.9. The maximum absolute atomic E-state index is 12.3. The van der Waals surface area contributed by atoms with Gasteiger partial charge in [0.15, 0.2) is 6.61 Å². The van der Waals surface area contributed by atoms with Crippen LogP contribution in [0.15, 0.2) is 12.1 Å². The van der Waals surface area contributed by atoms with E-state index in [9.17, 15) is 9.59 Å². The molecule has 1 aromatic rings. The van der Waals surface area contributed by atoms with Gasteiger partial charge in [-0.1, -0.05) is 11.6 Å². The third-order valence-electron chi connectivity index (χ3n) is 3.73. The van der Waals surface area contributed by atoms with Crippen LogP contribution in [0.5, 0.6) is 5.75 Å². The molecule has 1 fully saturated rings. The minimum Gasteiger partial charge on any atom is -0.484 e. The number of amides is 1. The summed E-state index contributed by atoms with van der Waals surface area (Å²) < 4.78 is 10.8. The Kier molecular flexibility index (Phi) is 5.85. The van der Waals surface area contributed by atoms with E-state index in [1.807, 2.05) is 13.8 Å². The van der Waals surface area contributed by atoms with Crippen LogP contribution < -0.4 is 4.74 Å². The summed E-state index contributed by atoms with van der Waals surface area (Å²) in [6.45, 7) is 4.61. The van der Waals surface area contributed by atoms with Crippen LogP contribution in [0.4, 0.5) is 0 Å². The summed E-state index contributed by atoms with van der Waals surface area (Å²) in [5.41, 5.74) is 1.76. The lowest BCUT2D eigenvalue weighted by Gasteiger charge is -2.34. The highest BCUT2D eigenvalue weighted by Gasteiger charge is 2.29. The molecule has 1 aliphatic heterocycles. The summed E-state index contributed by atoms with van der Waals surface area (Å²) >= 11 is 6.10. The standard InChI is InChI=1S/C16H20ClNO5/c1-10-5-13(6-11(2)16(10)17)23-9-14(19)18-3-4-22-8-12(18)7-15(20)21/h5-6,12H,3-4,7-9H2,1-2H3,(H,20,21). The number of morpholine rings is 1. The van der Waals surface area contributed by atoms with Gasteiger partial charge in [-0.05, 0) is 37.1 Å². The summed E-state index contributed by atoms with van der Waals surface area (Å²) in [5, 5.41) is 9.60. The van der Waals surface area contributed by atoms with E-state index in [-0.39, 0.29) is 25.5 Å². The molecule has 23 heavy (non-hydrogen) atoms. The van der Waals surface area contributed by atoms with Crippen molar-refractivity contribution in [2.24, 2.45) is 0 Å². The van der Waals surface area contributed by atoms with Crippen LogP contribution in [0.1, 0.15) is 17.5 Å². The van der Waals surface area contributed by atoms with Gasteiger partial charge < -0.3 is 19.5 Å². The van der Waals surface area contributed by atoms with E-state index < -0.39 is 12.0 Å². The number of hydrogen-bond acceptors (Lipinski definition) is 4. The summed E-state index contributed by atoms with van der Waals surface area (Å²) in [4.78, 5) is 24.7. The van der Waals surface area contributed by atoms with Crippen LogP contribution in [0, 0.1) is 13.8 Å². The second kappa shape index (κ2) is 7.66. The third-order valence-corrected chi connectivity index (χ3v) is 4.33. The molecule has 0 aromatic heterocycles. The Balaban J connectivity index is 1.99. The number of carboxylic acids is 1. The molecule has 1 heterocycles. The first-order valence-corrected chi connectivity index (χ1v) is 7.75. The fraction of sp³-hybridized carbons (Fsp3) is 0.500. The van der Waals surface area contributed by atoms with Gasteiger partial charge in [0, 0.05) is 11.6 Å². The van der Waals surface area contributed by atoms with Gasteiger partial charge in [-0.15, -0.1) is 0 Å². The number of aryl methyl sites for hydroxylation is 2. The topological polar surface area (TPSA) is 76.1 Å². The molecule has 7 heteroatoms. The van der Waals surface area contributed by atoms with E-state index in [1.54, 1.807) is 12.1 Å². The van der Waals surface area contributed by atoms with E-state index in [0.29, 0.717) is 23.9 Å². The Morgan fingerprint density at radius 1 is 1.39 bits per heavy atom. The number of nitrogens with zero attached hydrogens (tertiary/aromatic N) is 1. The molecule has 0 saturated carbocycles. The van der Waals surface area contributed by atoms with Crippen molar-refractivity contribution in [2.45, 2.75) is 26.3 Å². The van der Waals surface area contributed by atoms with Crippen molar-refractivity contribution in [1.82, 2.24) is 4.90 Å². The lowest BCUT2D eigenvalue weighted by atomic mass is 10.1. The first-order chi connectivity index (χ1) is 10.9. The van der Waals surface area contributed by atoms with Crippen molar-refractivity contribution in [2.75, 3.05) is 26.4 Å². The number of aliphatic carboxylic acids is 1. The van der Waals surface area contributed by atoms with Crippen molar-refractivity contribution in [3.05, 3.63) is 28.3 Å². The highest BCUT2D eigenvalue weighted by atomic mass is 35.5. The lowest BCUT2D eigenvalue weighted by molar-refractivity contribution is -0.147. The number of carboxylic acid groups (broad SMARTS) is 1. The zero-order valence-electron chi connectivity index (χ0n) is 13.2. The number of carbonyl (C=O) groups is 2. The minimum atomic E-state index is -0.955. The molecule has 1 atom stereocenters. The molecule has 1 aromatic carbocycles. The first kappa shape index (κ1) is 17.6. The average Bonchev–Trinajstić information content (AvgIpc) is 2.50. The number of carbonyl (C=O) groups excluding carboxylic acids is 1. The van der Waals surface area contributed by atoms with Crippen LogP contribution in [0.3, 0.4) is 0 Å². The maximum Gasteiger partial charge on any atom is 0.305 e. The molecular formula is C16H20ClNO5. The van der Waals surface area contributed by atoms with E-state index in [1.165, 1.54) is 4.90 Å². The molecule has 0 bridgehead atoms. The summed E-state index contributed by atoms with van der Waals surface area (Å²) in [6.07, 6.45) is -0.134. The van der Waals surface area contributed by atoms with Gasteiger partial charge >= 0.3 is 5.97 Å². The zero-order chi connectivity index (χ0) is 17.0. The summed E-state index contributed by atoms with van der Waals surface area (Å²) in [5.74, 6) is -0.631. The van der Waals surface area contributed by atoms with Gasteiger partial charge in [-0.3, -0.25) is 9.59 Å². The van der Waals surface area contributed by atoms with E-state index in [4.69, 9.17) is 26.2 Å². The van der Waals surface area contributed by atoms with Crippen molar-refractivity contribution >= 4 is 23.5 Å². The van der Waals surface area contributed by atoms with Gasteiger partial charge in [0.1, 0.15) is 5.75 Å². The van der Waals surface area contributed by atoms with Crippen LogP contribution in [0.2, 0.25) is 5.02 Å². The smallest absolute Gasteiger partial charge is 0.305 e. The van der Waals surface area contributed by atoms with Gasteiger partial charge in [0.25, 0.3) is 5.91 Å². The van der Waals surface area contributed by atoms with E-state index in [2.05, 4.69) is 0 Å². The quantitative estimate of drug-likeness (QED) is 0.887. The van der Waals surface area contributed by atoms with Crippen molar-refractivity contribution < 1.29 is 24.2 Å². The minimum absolute atomic E-state index is 0.134. The number of benzene rings is 1. The average molecular weight is 342 g/mol. The fourth-order valence-corrected chi connectivity index (χ4v) is 2.68. The molecule has 1 saturated heterocycles. The second-order valence-electron chi connectivity index (χ2n) is 5.57. The fourth-order valence-electron chi connectivity index (χ4n) is 2.57. The Hall–Kier alpha value is -1.79. The predicted molar refractivity (Wildman–Crippen MR) is 85.0 cm³/mol. The molecule has 1 N–H and O–H groups in total. The highest BCUT2D eigenvalue weighted by molar-refractivity contribution is 6.32. The number of rotatable bonds is 5. The molecule has 126 valence electrons. The Labute approximate surface area is 139 Å². The van der Waals surface area contributed by atoms with E-state index in [0.717, 1.165) is 11.1 Å². The van der Waals surface area contributed by atoms with Crippen LogP contribution in [0.25, 0.3) is 0 Å². The van der Waals surface area contributed by atoms with Crippen LogP contribution in [-0.4, -0.2) is 54.3 Å². The van der Waals surface area contributed by atoms with Gasteiger partial charge in [0.2, 0.25) is 0 Å². The largest absolute Gasteiger partial charge is 0.484 e. The molecule has 1 amide bonds. The molecule has 2 rings (SSSR count). The number of halogens is 1. The third kappa shape index (κ3) is 4.59. The molecule has 0 spiro atoms. The SMILES string of the molecule is Cc1cc(OCC(=O)N2CCOCC2CC(=O)O)cc(C)c1Cl. The van der Waals surface area contributed by atoms with Crippen LogP contribution in [-0.2, 0) is 14.3 Å². The van der Waals surface area contributed by atoms with Crippen molar-refractivity contribution in [3.63, 3.8) is 0 Å². The molecule has 6 nitrogen and oxygen atoms in total. The van der Waals surface area contributed by atoms with E-state index >= 15 is 0 Å². The molecule has 1 aliphatic rings. The van der Waals surface area contributed by atoms with Crippen molar-refractivity contribution in [3.8, 4) is 5.75 Å². The number of ether oxygens (including phenoxy) is 2. The van der Waals surface area contributed by atoms with Crippen LogP contribution >= 0.6 is 11.6 Å². The molecule has 0 aliphatic carbocycles. The molecule has 0 radical (unpaired) electrons.